The van der Waals surface area contributed by atoms with Crippen molar-refractivity contribution in [2.75, 3.05) is 13.2 Å². The predicted octanol–water partition coefficient (Wildman–Crippen LogP) is 7.17. The van der Waals surface area contributed by atoms with Gasteiger partial charge in [-0.3, -0.25) is 38.4 Å². The molecular weight excluding hydrogens is 1400 g/mol. The first-order valence-electron chi connectivity index (χ1n) is 34.4. The monoisotopic (exact) mass is 1480 g/mol. The van der Waals surface area contributed by atoms with E-state index in [9.17, 15) is 60.0 Å². The summed E-state index contributed by atoms with van der Waals surface area (Å²) in [6.07, 6.45) is -14.0. The average molecular weight is 1480 g/mol. The number of aliphatic hydroxyl groups excluding tert-OH is 6. The van der Waals surface area contributed by atoms with Gasteiger partial charge in [0.1, 0.15) is 89.5 Å². The number of phenols is 2. The molecule has 0 unspecified atom stereocenters. The van der Waals surface area contributed by atoms with Gasteiger partial charge in [0.15, 0.2) is 28.8 Å². The molecule has 14 atom stereocenters. The summed E-state index contributed by atoms with van der Waals surface area (Å²) in [7, 11) is 0. The fourth-order valence-electron chi connectivity index (χ4n) is 13.1. The largest absolute Gasteiger partial charge is 0.507 e. The van der Waals surface area contributed by atoms with Gasteiger partial charge in [0.2, 0.25) is 41.6 Å². The molecule has 1 saturated heterocycles. The first kappa shape index (κ1) is 79.2. The Morgan fingerprint density at radius 2 is 1.35 bits per heavy atom. The highest BCUT2D eigenvalue weighted by atomic mass is 35.5. The van der Waals surface area contributed by atoms with Gasteiger partial charge in [-0.25, -0.2) is 4.79 Å². The van der Waals surface area contributed by atoms with E-state index in [1.807, 2.05) is 20.8 Å². The van der Waals surface area contributed by atoms with Crippen LogP contribution in [0.2, 0.25) is 10.0 Å². The smallest absolute Gasteiger partial charge is 0.412 e. The molecule has 6 amide bonds. The Morgan fingerprint density at radius 1 is 0.702 bits per heavy atom. The van der Waals surface area contributed by atoms with Crippen molar-refractivity contribution in [2.24, 2.45) is 28.9 Å². The fourth-order valence-corrected chi connectivity index (χ4v) is 13.5. The molecule has 0 saturated carbocycles. The van der Waals surface area contributed by atoms with E-state index in [4.69, 9.17) is 52.6 Å². The van der Waals surface area contributed by atoms with Crippen molar-refractivity contribution >= 4 is 76.2 Å². The van der Waals surface area contributed by atoms with E-state index >= 15 is 24.0 Å². The third kappa shape index (κ3) is 18.6. The van der Waals surface area contributed by atoms with Gasteiger partial charge in [0.25, 0.3) is 0 Å². The summed E-state index contributed by atoms with van der Waals surface area (Å²) in [5.41, 5.74) is 3.30. The van der Waals surface area contributed by atoms with Gasteiger partial charge < -0.3 is 96.9 Å². The molecule has 15 N–H and O–H groups in total. The minimum atomic E-state index is -2.16. The highest BCUT2D eigenvalue weighted by Crippen LogP contribution is 2.50. The molecule has 11 rings (SSSR count). The lowest BCUT2D eigenvalue weighted by atomic mass is 9.82. The van der Waals surface area contributed by atoms with Gasteiger partial charge in [0.05, 0.1) is 28.5 Å². The van der Waals surface area contributed by atoms with Gasteiger partial charge in [-0.1, -0.05) is 109 Å². The highest BCUT2D eigenvalue weighted by molar-refractivity contribution is 6.32. The number of hydrogen-bond acceptors (Lipinski definition) is 22. The number of ketones is 3. The molecule has 5 aromatic rings. The molecule has 6 heterocycles. The third-order valence-electron chi connectivity index (χ3n) is 18.5. The second-order valence-electron chi connectivity index (χ2n) is 28.3. The first-order valence-corrected chi connectivity index (χ1v) is 35.1. The number of Topliss-reactive ketones (excluding diaryl/α,β-unsaturated/α-hetero) is 3. The maximum atomic E-state index is 16.2. The summed E-state index contributed by atoms with van der Waals surface area (Å²) >= 11 is 14.1. The predicted molar refractivity (Wildman–Crippen MR) is 374 cm³/mol. The van der Waals surface area contributed by atoms with Crippen LogP contribution in [0.15, 0.2) is 78.9 Å². The number of fused-ring (bicyclic) bond motifs is 15. The van der Waals surface area contributed by atoms with Crippen LogP contribution in [-0.4, -0.2) is 150 Å². The topological polar surface area (TPSA) is 448 Å². The standard InChI is InChI=1S/C74H88Cl2N6O22/c1-8-10-11-12-19-78-73(99)100-40-28-43-57(47(85)29-40)42-21-35(13-16-46(42)84)41-30-49(87)58-38-25-53(101-51-17-14-36(22-44(51)75)62(90)60(81-68(95)34(9-2)20-33(3)4)48(86)24-39(27-56(77)89)69(96)79-58)67(104-72-66(94)65(93)64(92)55(32-83)103-72)54(26-38)102-52-18-15-37(23-45(52)76)63(91)61(82-70(41)97)71(98)80-59(43)50(88)31-74(5,6)7/h13-18,21-23,25-26,28-29,33-34,39,41,55,58-66,72,83-85,90-94H,8-12,19-20,24,27,30-32H2,1-7H3,(H2,77,89)(H,78,99)(H,79,96)(H,80,98)(H,81,95)(H,82,97)/t34-,39+,41-,55-,58-,59+,60+,61+,62-,63-,64-,65+,66-,72+/m1/s1. The van der Waals surface area contributed by atoms with E-state index < -0.39 is 198 Å². The summed E-state index contributed by atoms with van der Waals surface area (Å²) < 4.78 is 31.0. The summed E-state index contributed by atoms with van der Waals surface area (Å²) in [5.74, 6) is -16.8. The van der Waals surface area contributed by atoms with Crippen molar-refractivity contribution in [1.82, 2.24) is 26.6 Å². The molecule has 30 heteroatoms. The molecule has 104 heavy (non-hydrogen) atoms. The van der Waals surface area contributed by atoms with Crippen LogP contribution in [0.5, 0.6) is 46.0 Å². The number of ether oxygens (including phenoxy) is 5. The molecule has 0 spiro atoms. The average Bonchev–Trinajstić information content (AvgIpc) is 0.761. The Kier molecular flexibility index (Phi) is 25.8. The van der Waals surface area contributed by atoms with Crippen molar-refractivity contribution in [3.05, 3.63) is 117 Å². The number of carbonyl (C=O) groups is 9. The molecule has 560 valence electrons. The quantitative estimate of drug-likeness (QED) is 0.0387. The number of aromatic hydroxyl groups is 2. The number of unbranched alkanes of at least 4 members (excludes halogenated alkanes) is 3. The Hall–Kier alpha value is -8.97. The Morgan fingerprint density at radius 3 is 1.94 bits per heavy atom. The number of phenolic OH excluding ortho intramolecular Hbond substituents is 2. The number of rotatable bonds is 18. The SMILES string of the molecule is CCCCCCNC(=O)Oc1cc(O)c2c(c1)[C@@H](C(=O)CC(C)(C)C)NC(=O)[C@H]1NC(=O)[C@H](CC(=O)[C@@H]3NC(=O)[C@H](CC(N)=O)CC(=O)[C@H](NC(=O)[C@H](CC)CC(C)C)[C@H](O)c4ccc(c(Cl)c4)Oc4cc3cc(c4O[C@@H]3O[C@H](CO)[C@@H](O)[C@H](O)[C@H]3O)Oc3ccc(cc3Cl)[C@H]1O)c1ccc(O)c-2c1. The van der Waals surface area contributed by atoms with Crippen LogP contribution in [0.4, 0.5) is 4.79 Å². The molecule has 1 fully saturated rings. The van der Waals surface area contributed by atoms with Crippen LogP contribution in [0.1, 0.15) is 171 Å². The van der Waals surface area contributed by atoms with Crippen molar-refractivity contribution in [3.8, 4) is 57.1 Å². The second kappa shape index (κ2) is 33.9. The Bertz CT molecular complexity index is 4090. The fraction of sp³-hybridized carbons (Fsp3) is 0.473. The number of nitrogens with two attached hydrogens (primary N) is 1. The Balaban J connectivity index is 1.31. The van der Waals surface area contributed by atoms with Crippen LogP contribution in [0.25, 0.3) is 11.1 Å². The van der Waals surface area contributed by atoms with Crippen LogP contribution in [0, 0.1) is 23.2 Å². The van der Waals surface area contributed by atoms with E-state index in [2.05, 4.69) is 26.6 Å². The number of amides is 6. The molecule has 5 aromatic carbocycles. The molecule has 11 bridgehead atoms. The molecule has 6 aliphatic rings. The number of primary amides is 1. The second-order valence-corrected chi connectivity index (χ2v) is 29.1. The summed E-state index contributed by atoms with van der Waals surface area (Å²) in [6.45, 7) is 12.0. The molecule has 6 aliphatic heterocycles. The van der Waals surface area contributed by atoms with Gasteiger partial charge in [-0.2, -0.15) is 0 Å². The van der Waals surface area contributed by atoms with E-state index in [1.165, 1.54) is 48.5 Å². The molecule has 28 nitrogen and oxygen atoms in total. The van der Waals surface area contributed by atoms with Crippen molar-refractivity contribution < 1.29 is 108 Å². The zero-order valence-electron chi connectivity index (χ0n) is 58.3. The minimum absolute atomic E-state index is 0.00239. The van der Waals surface area contributed by atoms with Crippen LogP contribution in [-0.2, 0) is 43.1 Å². The number of halogens is 2. The molecule has 0 aromatic heterocycles. The lowest BCUT2D eigenvalue weighted by molar-refractivity contribution is -0.277. The van der Waals surface area contributed by atoms with Crippen LogP contribution in [0.3, 0.4) is 0 Å². The number of aliphatic hydroxyl groups is 6. The highest BCUT2D eigenvalue weighted by Gasteiger charge is 2.47. The lowest BCUT2D eigenvalue weighted by Gasteiger charge is -2.39. The minimum Gasteiger partial charge on any atom is -0.507 e. The number of nitrogens with one attached hydrogen (secondary N) is 5. The molecule has 0 aliphatic carbocycles. The zero-order valence-corrected chi connectivity index (χ0v) is 59.8. The van der Waals surface area contributed by atoms with E-state index in [0.717, 1.165) is 49.6 Å². The summed E-state index contributed by atoms with van der Waals surface area (Å²) in [4.78, 5) is 134. The van der Waals surface area contributed by atoms with Crippen LogP contribution < -0.4 is 51.3 Å². The van der Waals surface area contributed by atoms with Gasteiger partial charge in [-0.05, 0) is 113 Å². The maximum absolute atomic E-state index is 16.2. The normalized spacial score (nSPS) is 24.7. The van der Waals surface area contributed by atoms with Crippen LogP contribution >= 0.6 is 23.2 Å². The van der Waals surface area contributed by atoms with Crippen molar-refractivity contribution in [1.29, 1.82) is 0 Å². The van der Waals surface area contributed by atoms with Crippen molar-refractivity contribution in [3.63, 3.8) is 0 Å². The molecule has 0 radical (unpaired) electrons. The summed E-state index contributed by atoms with van der Waals surface area (Å²) in [6, 6.07) is 7.15. The van der Waals surface area contributed by atoms with Crippen molar-refractivity contribution in [2.45, 2.75) is 186 Å². The number of carbonyl (C=O) groups excluding carboxylic acids is 9. The first-order chi connectivity index (χ1) is 49.2. The van der Waals surface area contributed by atoms with E-state index in [1.54, 1.807) is 27.7 Å². The maximum Gasteiger partial charge on any atom is 0.412 e. The van der Waals surface area contributed by atoms with Gasteiger partial charge in [0, 0.05) is 55.3 Å². The molecular formula is C74H88Cl2N6O22. The number of benzene rings is 5. The lowest BCUT2D eigenvalue weighted by Crippen LogP contribution is -2.60. The summed E-state index contributed by atoms with van der Waals surface area (Å²) in [5, 5.41) is 105. The zero-order chi connectivity index (χ0) is 75.9. The van der Waals surface area contributed by atoms with Gasteiger partial charge >= 0.3 is 6.09 Å². The van der Waals surface area contributed by atoms with E-state index in [0.29, 0.717) is 19.3 Å². The van der Waals surface area contributed by atoms with Gasteiger partial charge in [-0.15, -0.1) is 0 Å². The Labute approximate surface area is 609 Å². The number of hydrogen-bond donors (Lipinski definition) is 14. The third-order valence-corrected chi connectivity index (χ3v) is 19.1. The van der Waals surface area contributed by atoms with E-state index in [-0.39, 0.29) is 85.1 Å².